The van der Waals surface area contributed by atoms with Crippen molar-refractivity contribution < 1.29 is 14.7 Å². The summed E-state index contributed by atoms with van der Waals surface area (Å²) >= 11 is 1.51. The molecular weight excluding hydrogens is 252 g/mol. The number of rotatable bonds is 3. The van der Waals surface area contributed by atoms with Gasteiger partial charge in [-0.2, -0.15) is 0 Å². The number of aliphatic carboxylic acids is 1. The highest BCUT2D eigenvalue weighted by Gasteiger charge is 2.43. The van der Waals surface area contributed by atoms with Crippen molar-refractivity contribution in [2.45, 2.75) is 56.5 Å². The van der Waals surface area contributed by atoms with Crippen LogP contribution in [0.4, 0.5) is 4.79 Å². The van der Waals surface area contributed by atoms with Crippen molar-refractivity contribution in [1.29, 1.82) is 0 Å². The Morgan fingerprint density at radius 3 is 2.61 bits per heavy atom. The van der Waals surface area contributed by atoms with Crippen LogP contribution in [0.25, 0.3) is 0 Å². The lowest BCUT2D eigenvalue weighted by Crippen LogP contribution is -2.59. The fourth-order valence-electron chi connectivity index (χ4n) is 2.60. The van der Waals surface area contributed by atoms with Crippen LogP contribution in [0, 0.1) is 0 Å². The van der Waals surface area contributed by atoms with E-state index in [1.165, 1.54) is 16.7 Å². The van der Waals surface area contributed by atoms with E-state index in [0.29, 0.717) is 5.75 Å². The molecule has 102 valence electrons. The maximum atomic E-state index is 12.3. The minimum Gasteiger partial charge on any atom is -0.480 e. The van der Waals surface area contributed by atoms with Gasteiger partial charge in [0, 0.05) is 11.3 Å². The van der Waals surface area contributed by atoms with E-state index in [0.717, 1.165) is 25.7 Å². The van der Waals surface area contributed by atoms with Crippen molar-refractivity contribution in [1.82, 2.24) is 10.2 Å². The average Bonchev–Trinajstić information content (AvgIpc) is 2.65. The monoisotopic (exact) mass is 272 g/mol. The first-order chi connectivity index (χ1) is 8.49. The largest absolute Gasteiger partial charge is 0.480 e. The molecule has 0 aromatic rings. The third-order valence-corrected chi connectivity index (χ3v) is 5.32. The molecule has 2 atom stereocenters. The summed E-state index contributed by atoms with van der Waals surface area (Å²) in [6.07, 6.45) is 4.05. The predicted octanol–water partition coefficient (Wildman–Crippen LogP) is 1.88. The van der Waals surface area contributed by atoms with E-state index in [1.54, 1.807) is 0 Å². The molecule has 5 nitrogen and oxygen atoms in total. The lowest BCUT2D eigenvalue weighted by atomic mass is 9.75. The highest BCUT2D eigenvalue weighted by molar-refractivity contribution is 8.00. The van der Waals surface area contributed by atoms with Crippen LogP contribution in [0.2, 0.25) is 0 Å². The second kappa shape index (κ2) is 4.99. The van der Waals surface area contributed by atoms with E-state index in [9.17, 15) is 9.59 Å². The van der Waals surface area contributed by atoms with Crippen LogP contribution in [-0.2, 0) is 4.79 Å². The molecule has 1 heterocycles. The van der Waals surface area contributed by atoms with Gasteiger partial charge in [0.2, 0.25) is 0 Å². The third kappa shape index (κ3) is 2.30. The molecule has 2 N–H and O–H groups in total. The Balaban J connectivity index is 2.05. The van der Waals surface area contributed by atoms with Gasteiger partial charge in [-0.25, -0.2) is 9.59 Å². The smallest absolute Gasteiger partial charge is 0.327 e. The van der Waals surface area contributed by atoms with Gasteiger partial charge in [-0.3, -0.25) is 4.90 Å². The first-order valence-corrected chi connectivity index (χ1v) is 7.49. The quantitative estimate of drug-likeness (QED) is 0.823. The molecule has 2 fully saturated rings. The van der Waals surface area contributed by atoms with Crippen LogP contribution in [-0.4, -0.2) is 44.7 Å². The zero-order valence-corrected chi connectivity index (χ0v) is 11.6. The van der Waals surface area contributed by atoms with Crippen molar-refractivity contribution in [3.8, 4) is 0 Å². The van der Waals surface area contributed by atoms with Crippen LogP contribution in [0.1, 0.15) is 39.5 Å². The molecule has 2 rings (SSSR count). The maximum Gasteiger partial charge on any atom is 0.327 e. The van der Waals surface area contributed by atoms with Crippen LogP contribution in [0.15, 0.2) is 0 Å². The van der Waals surface area contributed by atoms with Gasteiger partial charge in [-0.15, -0.1) is 11.8 Å². The van der Waals surface area contributed by atoms with Gasteiger partial charge in [-0.1, -0.05) is 6.92 Å². The van der Waals surface area contributed by atoms with E-state index < -0.39 is 12.0 Å². The standard InChI is InChI=1S/C12H20N2O3S/c1-3-12(5-4-6-12)13-11(17)14-8(2)18-7-9(14)10(15)16/h8-9H,3-7H2,1-2H3,(H,13,17)(H,15,16). The summed E-state index contributed by atoms with van der Waals surface area (Å²) in [4.78, 5) is 24.9. The molecular formula is C12H20N2O3S. The molecule has 1 aliphatic heterocycles. The SMILES string of the molecule is CCC1(NC(=O)N2C(C)SCC2C(=O)O)CCC1. The Hall–Kier alpha value is -0.910. The zero-order chi connectivity index (χ0) is 13.3. The van der Waals surface area contributed by atoms with E-state index in [1.807, 2.05) is 6.92 Å². The fourth-order valence-corrected chi connectivity index (χ4v) is 3.77. The van der Waals surface area contributed by atoms with Gasteiger partial charge in [0.15, 0.2) is 0 Å². The lowest BCUT2D eigenvalue weighted by Gasteiger charge is -2.43. The van der Waals surface area contributed by atoms with Gasteiger partial charge in [-0.05, 0) is 32.6 Å². The van der Waals surface area contributed by atoms with Gasteiger partial charge in [0.05, 0.1) is 5.37 Å². The first kappa shape index (κ1) is 13.5. The Kier molecular flexibility index (Phi) is 3.75. The second-order valence-corrected chi connectivity index (χ2v) is 6.46. The van der Waals surface area contributed by atoms with Gasteiger partial charge >= 0.3 is 12.0 Å². The van der Waals surface area contributed by atoms with Crippen LogP contribution in [0.5, 0.6) is 0 Å². The number of hydrogen-bond donors (Lipinski definition) is 2. The third-order valence-electron chi connectivity index (χ3n) is 4.10. The molecule has 1 saturated heterocycles. The van der Waals surface area contributed by atoms with Gasteiger partial charge in [0.25, 0.3) is 0 Å². The molecule has 0 aromatic heterocycles. The average molecular weight is 272 g/mol. The fraction of sp³-hybridized carbons (Fsp3) is 0.833. The molecule has 2 aliphatic rings. The molecule has 0 aromatic carbocycles. The number of urea groups is 1. The first-order valence-electron chi connectivity index (χ1n) is 6.44. The number of carboxylic acids is 1. The minimum absolute atomic E-state index is 0.0694. The molecule has 2 unspecified atom stereocenters. The van der Waals surface area contributed by atoms with Crippen molar-refractivity contribution in [3.63, 3.8) is 0 Å². The summed E-state index contributed by atoms with van der Waals surface area (Å²) in [5, 5.41) is 12.1. The number of nitrogens with zero attached hydrogens (tertiary/aromatic N) is 1. The van der Waals surface area contributed by atoms with Crippen LogP contribution >= 0.6 is 11.8 Å². The second-order valence-electron chi connectivity index (χ2n) is 5.11. The van der Waals surface area contributed by atoms with Crippen molar-refractivity contribution in [2.24, 2.45) is 0 Å². The van der Waals surface area contributed by atoms with Crippen molar-refractivity contribution in [3.05, 3.63) is 0 Å². The number of carboxylic acid groups (broad SMARTS) is 1. The van der Waals surface area contributed by atoms with E-state index in [2.05, 4.69) is 12.2 Å². The summed E-state index contributed by atoms with van der Waals surface area (Å²) in [7, 11) is 0. The molecule has 0 spiro atoms. The predicted molar refractivity (Wildman–Crippen MR) is 70.6 cm³/mol. The van der Waals surface area contributed by atoms with Crippen molar-refractivity contribution in [2.75, 3.05) is 5.75 Å². The minimum atomic E-state index is -0.916. The number of carbonyl (C=O) groups is 2. The van der Waals surface area contributed by atoms with Crippen LogP contribution < -0.4 is 5.32 Å². The van der Waals surface area contributed by atoms with Crippen molar-refractivity contribution >= 4 is 23.8 Å². The molecule has 18 heavy (non-hydrogen) atoms. The van der Waals surface area contributed by atoms with Gasteiger partial charge < -0.3 is 10.4 Å². The summed E-state index contributed by atoms with van der Waals surface area (Å²) in [6, 6.07) is -0.916. The maximum absolute atomic E-state index is 12.3. The highest BCUT2D eigenvalue weighted by Crippen LogP contribution is 2.36. The van der Waals surface area contributed by atoms with E-state index in [4.69, 9.17) is 5.11 Å². The Bertz CT molecular complexity index is 352. The molecule has 1 aliphatic carbocycles. The Labute approximate surface area is 111 Å². The number of thioether (sulfide) groups is 1. The van der Waals surface area contributed by atoms with E-state index in [-0.39, 0.29) is 16.9 Å². The normalized spacial score (nSPS) is 29.8. The summed E-state index contributed by atoms with van der Waals surface area (Å²) < 4.78 is 0. The highest BCUT2D eigenvalue weighted by atomic mass is 32.2. The molecule has 1 saturated carbocycles. The van der Waals surface area contributed by atoms with Gasteiger partial charge in [0.1, 0.15) is 6.04 Å². The lowest BCUT2D eigenvalue weighted by molar-refractivity contribution is -0.141. The summed E-state index contributed by atoms with van der Waals surface area (Å²) in [5.74, 6) is -0.440. The number of carbonyl (C=O) groups excluding carboxylic acids is 1. The van der Waals surface area contributed by atoms with E-state index >= 15 is 0 Å². The zero-order valence-electron chi connectivity index (χ0n) is 10.8. The van der Waals surface area contributed by atoms with Crippen LogP contribution in [0.3, 0.4) is 0 Å². The topological polar surface area (TPSA) is 69.6 Å². The molecule has 0 bridgehead atoms. The number of amides is 2. The Morgan fingerprint density at radius 1 is 1.50 bits per heavy atom. The summed E-state index contributed by atoms with van der Waals surface area (Å²) in [6.45, 7) is 3.95. The summed E-state index contributed by atoms with van der Waals surface area (Å²) in [5.41, 5.74) is -0.0902. The number of nitrogens with one attached hydrogen (secondary N) is 1. The molecule has 2 amide bonds. The Morgan fingerprint density at radius 2 is 2.17 bits per heavy atom. The molecule has 0 radical (unpaired) electrons. The number of hydrogen-bond acceptors (Lipinski definition) is 3. The molecule has 6 heteroatoms.